The maximum Gasteiger partial charge on any atom is 0.353 e. The molecule has 0 aliphatic carbocycles. The molecule has 9 N–H and O–H groups in total. The molecule has 17 heteroatoms. The molecule has 1 fully saturated rings. The lowest BCUT2D eigenvalue weighted by Gasteiger charge is -2.34. The number of imidazole rings is 1. The van der Waals surface area contributed by atoms with Gasteiger partial charge in [-0.25, -0.2) is 4.98 Å². The molecular weight excluding hydrogens is 455 g/mol. The van der Waals surface area contributed by atoms with Gasteiger partial charge >= 0.3 is 7.60 Å². The predicted molar refractivity (Wildman–Crippen MR) is 105 cm³/mol. The summed E-state index contributed by atoms with van der Waals surface area (Å²) in [6.45, 7) is 0.757. The lowest BCUT2D eigenvalue weighted by Crippen LogP contribution is -2.58. The first-order valence-corrected chi connectivity index (χ1v) is 11.1. The highest BCUT2D eigenvalue weighted by Gasteiger charge is 2.62. The van der Waals surface area contributed by atoms with Gasteiger partial charge in [0.2, 0.25) is 17.5 Å². The summed E-state index contributed by atoms with van der Waals surface area (Å²) in [7, 11) is -4.56. The average Bonchev–Trinajstić information content (AvgIpc) is 3.24. The summed E-state index contributed by atoms with van der Waals surface area (Å²) in [5.74, 6) is -1.29. The van der Waals surface area contributed by atoms with Crippen LogP contribution >= 0.6 is 7.60 Å². The van der Waals surface area contributed by atoms with Crippen LogP contribution in [0.1, 0.15) is 13.3 Å². The molecule has 3 heterocycles. The Morgan fingerprint density at radius 1 is 1.50 bits per heavy atom. The third-order valence-electron chi connectivity index (χ3n) is 4.94. The Labute approximate surface area is 179 Å². The van der Waals surface area contributed by atoms with Gasteiger partial charge in [0.1, 0.15) is 24.6 Å². The van der Waals surface area contributed by atoms with Crippen LogP contribution in [0.3, 0.4) is 0 Å². The SMILES string of the molecule is CC[C@H](NOCP(=O)(O)O)C(=O)[C@@]1(n2cnc3c(=O)[nH]c(N)nc32)O[C@H](CO)[C@@H](O)[C@H]1O. The minimum atomic E-state index is -4.56. The molecule has 5 atom stereocenters. The first kappa shape index (κ1) is 24.4. The van der Waals surface area contributed by atoms with E-state index in [9.17, 15) is 29.5 Å². The quantitative estimate of drug-likeness (QED) is 0.128. The van der Waals surface area contributed by atoms with Crippen molar-refractivity contribution < 1.29 is 44.0 Å². The topological polar surface area (TPSA) is 255 Å². The second-order valence-corrected chi connectivity index (χ2v) is 8.68. The average molecular weight is 478 g/mol. The van der Waals surface area contributed by atoms with E-state index in [2.05, 4.69) is 20.4 Å². The van der Waals surface area contributed by atoms with E-state index in [1.54, 1.807) is 0 Å². The summed E-state index contributed by atoms with van der Waals surface area (Å²) < 4.78 is 17.6. The Morgan fingerprint density at radius 3 is 2.75 bits per heavy atom. The van der Waals surface area contributed by atoms with Crippen molar-refractivity contribution in [2.75, 3.05) is 18.7 Å². The Bertz CT molecular complexity index is 1100. The molecule has 2 aromatic heterocycles. The number of Topliss-reactive ketones (excluding diaryl/α,β-unsaturated/α-hetero) is 1. The molecule has 0 spiro atoms. The normalized spacial score (nSPS) is 27.1. The fraction of sp³-hybridized carbons (Fsp3) is 0.600. The number of aliphatic hydroxyl groups is 3. The van der Waals surface area contributed by atoms with E-state index in [4.69, 9.17) is 25.1 Å². The van der Waals surface area contributed by atoms with Crippen molar-refractivity contribution in [3.8, 4) is 0 Å². The Hall–Kier alpha value is -2.27. The van der Waals surface area contributed by atoms with Gasteiger partial charge in [-0.1, -0.05) is 6.92 Å². The van der Waals surface area contributed by atoms with E-state index in [0.29, 0.717) is 0 Å². The third kappa shape index (κ3) is 4.19. The van der Waals surface area contributed by atoms with E-state index >= 15 is 0 Å². The van der Waals surface area contributed by atoms with Crippen LogP contribution < -0.4 is 16.8 Å². The van der Waals surface area contributed by atoms with Gasteiger partial charge in [-0.3, -0.25) is 28.5 Å². The van der Waals surface area contributed by atoms with Crippen LogP contribution in [-0.4, -0.2) is 87.7 Å². The smallest absolute Gasteiger partial charge is 0.353 e. The minimum Gasteiger partial charge on any atom is -0.394 e. The molecule has 178 valence electrons. The van der Waals surface area contributed by atoms with Gasteiger partial charge in [-0.05, 0) is 6.42 Å². The van der Waals surface area contributed by atoms with E-state index in [0.717, 1.165) is 10.9 Å². The van der Waals surface area contributed by atoms with E-state index in [1.807, 2.05) is 0 Å². The summed E-state index contributed by atoms with van der Waals surface area (Å²) in [6.07, 6.45) is -5.18. The second-order valence-electron chi connectivity index (χ2n) is 7.09. The van der Waals surface area contributed by atoms with Crippen molar-refractivity contribution >= 4 is 30.5 Å². The number of nitrogens with zero attached hydrogens (tertiary/aromatic N) is 3. The number of hydroxylamine groups is 1. The second kappa shape index (κ2) is 8.93. The van der Waals surface area contributed by atoms with Crippen LogP contribution in [0.25, 0.3) is 11.2 Å². The minimum absolute atomic E-state index is 0.0134. The van der Waals surface area contributed by atoms with Crippen molar-refractivity contribution in [1.29, 1.82) is 0 Å². The van der Waals surface area contributed by atoms with E-state index in [-0.39, 0.29) is 23.5 Å². The number of carbonyl (C=O) groups excluding carboxylic acids is 1. The van der Waals surface area contributed by atoms with Gasteiger partial charge < -0.3 is 35.6 Å². The van der Waals surface area contributed by atoms with Crippen molar-refractivity contribution in [1.82, 2.24) is 25.0 Å². The number of ketones is 1. The predicted octanol–water partition coefficient (Wildman–Crippen LogP) is -3.53. The van der Waals surface area contributed by atoms with Gasteiger partial charge in [0.25, 0.3) is 5.56 Å². The number of ether oxygens (including phenoxy) is 1. The first-order valence-electron chi connectivity index (χ1n) is 9.30. The van der Waals surface area contributed by atoms with Gasteiger partial charge in [0.15, 0.2) is 17.5 Å². The van der Waals surface area contributed by atoms with Crippen molar-refractivity contribution in [2.45, 2.75) is 43.4 Å². The summed E-state index contributed by atoms with van der Waals surface area (Å²) in [6, 6.07) is -1.32. The monoisotopic (exact) mass is 478 g/mol. The standard InChI is InChI=1S/C15H23N6O10P/c1-2-6(20-30-5-32(27,28)29)10(24)15(11(25)9(23)7(3-22)31-15)21-4-17-8-12(21)18-14(16)19-13(8)26/h4,6-7,9,11,20,22-23,25H,2-3,5H2,1H3,(H2,27,28,29)(H3,16,18,19,26)/t6-,7+,9+,11+,15+/m0/s1. The number of fused-ring (bicyclic) bond motifs is 1. The molecule has 0 saturated carbocycles. The zero-order valence-corrected chi connectivity index (χ0v) is 17.5. The molecule has 1 aliphatic rings. The van der Waals surface area contributed by atoms with Crippen LogP contribution in [0, 0.1) is 0 Å². The number of hydrogen-bond acceptors (Lipinski definition) is 12. The van der Waals surface area contributed by atoms with Gasteiger partial charge in [-0.15, -0.1) is 0 Å². The van der Waals surface area contributed by atoms with Crippen LogP contribution in [0.5, 0.6) is 0 Å². The highest BCUT2D eigenvalue weighted by Crippen LogP contribution is 2.39. The largest absolute Gasteiger partial charge is 0.394 e. The molecule has 0 bridgehead atoms. The number of nitrogens with two attached hydrogens (primary N) is 1. The number of rotatable bonds is 9. The molecule has 16 nitrogen and oxygen atoms in total. The maximum absolute atomic E-state index is 13.6. The number of hydrogen-bond donors (Lipinski definition) is 8. The molecule has 0 amide bonds. The molecule has 1 saturated heterocycles. The maximum atomic E-state index is 13.6. The molecule has 0 unspecified atom stereocenters. The van der Waals surface area contributed by atoms with Crippen molar-refractivity contribution in [3.05, 3.63) is 16.7 Å². The molecule has 2 aromatic rings. The van der Waals surface area contributed by atoms with E-state index in [1.165, 1.54) is 6.92 Å². The molecular formula is C15H23N6O10P. The fourth-order valence-corrected chi connectivity index (χ4v) is 3.68. The fourth-order valence-electron chi connectivity index (χ4n) is 3.44. The number of aliphatic hydroxyl groups excluding tert-OH is 3. The zero-order chi connectivity index (χ0) is 23.8. The van der Waals surface area contributed by atoms with Crippen molar-refractivity contribution in [3.63, 3.8) is 0 Å². The summed E-state index contributed by atoms with van der Waals surface area (Å²) in [5, 5.41) is 30.8. The van der Waals surface area contributed by atoms with Crippen LogP contribution in [0.4, 0.5) is 5.95 Å². The lowest BCUT2D eigenvalue weighted by atomic mass is 9.92. The number of H-pyrrole nitrogens is 1. The van der Waals surface area contributed by atoms with Crippen molar-refractivity contribution in [2.24, 2.45) is 0 Å². The number of nitrogen functional groups attached to an aromatic ring is 1. The lowest BCUT2D eigenvalue weighted by molar-refractivity contribution is -0.179. The van der Waals surface area contributed by atoms with Crippen LogP contribution in [0.2, 0.25) is 0 Å². The molecule has 1 aliphatic heterocycles. The van der Waals surface area contributed by atoms with Gasteiger partial charge in [0, 0.05) is 0 Å². The highest BCUT2D eigenvalue weighted by molar-refractivity contribution is 7.51. The van der Waals surface area contributed by atoms with Crippen LogP contribution in [-0.2, 0) is 24.7 Å². The number of anilines is 1. The van der Waals surface area contributed by atoms with Crippen LogP contribution in [0.15, 0.2) is 11.1 Å². The third-order valence-corrected chi connectivity index (χ3v) is 5.40. The van der Waals surface area contributed by atoms with Gasteiger partial charge in [0.05, 0.1) is 12.6 Å². The number of carbonyl (C=O) groups is 1. The summed E-state index contributed by atoms with van der Waals surface area (Å²) >= 11 is 0. The first-order chi connectivity index (χ1) is 15.0. The Morgan fingerprint density at radius 2 is 2.19 bits per heavy atom. The molecule has 32 heavy (non-hydrogen) atoms. The Kier molecular flexibility index (Phi) is 6.80. The number of nitrogens with one attached hydrogen (secondary N) is 2. The number of aromatic amines is 1. The Balaban J connectivity index is 2.12. The highest BCUT2D eigenvalue weighted by atomic mass is 31.2. The van der Waals surface area contributed by atoms with Gasteiger partial charge in [-0.2, -0.15) is 10.5 Å². The van der Waals surface area contributed by atoms with E-state index < -0.39 is 62.0 Å². The number of aromatic nitrogens is 4. The zero-order valence-electron chi connectivity index (χ0n) is 16.7. The summed E-state index contributed by atoms with van der Waals surface area (Å²) in [4.78, 5) is 58.4. The molecule has 0 aromatic carbocycles. The molecule has 3 rings (SSSR count). The summed E-state index contributed by atoms with van der Waals surface area (Å²) in [5.41, 5.74) is 4.10. The molecule has 0 radical (unpaired) electrons.